The highest BCUT2D eigenvalue weighted by atomic mass is 16.5. The molecule has 2 N–H and O–H groups in total. The molecule has 2 aliphatic rings. The third-order valence-corrected chi connectivity index (χ3v) is 5.67. The number of carbonyl (C=O) groups excluding carboxylic acids is 4. The number of esters is 1. The molecule has 1 saturated carbocycles. The number of methoxy groups -OCH3 is 1. The highest BCUT2D eigenvalue weighted by molar-refractivity contribution is 6.09. The molecule has 1 spiro atoms. The van der Waals surface area contributed by atoms with Gasteiger partial charge in [0.15, 0.2) is 0 Å². The fraction of sp³-hybridized carbons (Fsp3) is 0.500. The number of hydrogen-bond acceptors (Lipinski definition) is 5. The first-order valence-corrected chi connectivity index (χ1v) is 9.45. The van der Waals surface area contributed by atoms with Crippen LogP contribution in [0.3, 0.4) is 0 Å². The number of benzene rings is 1. The van der Waals surface area contributed by atoms with Gasteiger partial charge in [-0.25, -0.2) is 9.59 Å². The van der Waals surface area contributed by atoms with Gasteiger partial charge in [0, 0.05) is 6.54 Å². The molecule has 2 atom stereocenters. The summed E-state index contributed by atoms with van der Waals surface area (Å²) in [7, 11) is 1.31. The molecule has 0 radical (unpaired) electrons. The van der Waals surface area contributed by atoms with Crippen LogP contribution < -0.4 is 10.6 Å². The first-order valence-electron chi connectivity index (χ1n) is 9.45. The van der Waals surface area contributed by atoms with Gasteiger partial charge in [0.05, 0.1) is 12.7 Å². The summed E-state index contributed by atoms with van der Waals surface area (Å²) in [5, 5.41) is 5.54. The summed E-state index contributed by atoms with van der Waals surface area (Å²) in [4.78, 5) is 49.9. The maximum atomic E-state index is 12.9. The summed E-state index contributed by atoms with van der Waals surface area (Å²) >= 11 is 0. The molecule has 4 amide bonds. The van der Waals surface area contributed by atoms with E-state index in [9.17, 15) is 19.2 Å². The maximum absolute atomic E-state index is 12.9. The Morgan fingerprint density at radius 2 is 1.96 bits per heavy atom. The number of rotatable bonds is 5. The topological polar surface area (TPSA) is 105 Å². The standard InChI is InChI=1S/C20H25N3O5/c1-13-5-3-4-10-20(13)18(26)23(19(27)22-20)12-16(24)21-11-14-6-8-15(9-7-14)17(25)28-2/h6-9,13H,3-5,10-12H2,1-2H3,(H,21,24)(H,22,27)/t13-,20-/m1/s1. The van der Waals surface area contributed by atoms with Gasteiger partial charge >= 0.3 is 12.0 Å². The molecule has 28 heavy (non-hydrogen) atoms. The van der Waals surface area contributed by atoms with E-state index in [1.165, 1.54) is 7.11 Å². The fourth-order valence-electron chi connectivity index (χ4n) is 3.92. The molecule has 1 aromatic carbocycles. The number of hydrogen-bond donors (Lipinski definition) is 2. The first kappa shape index (κ1) is 19.9. The van der Waals surface area contributed by atoms with Crippen LogP contribution in [0.5, 0.6) is 0 Å². The van der Waals surface area contributed by atoms with Gasteiger partial charge in [-0.15, -0.1) is 0 Å². The molecule has 1 heterocycles. The zero-order valence-electron chi connectivity index (χ0n) is 16.1. The maximum Gasteiger partial charge on any atom is 0.337 e. The fourth-order valence-corrected chi connectivity index (χ4v) is 3.92. The second-order valence-electron chi connectivity index (χ2n) is 7.40. The Hall–Kier alpha value is -2.90. The van der Waals surface area contributed by atoms with Crippen LogP contribution in [0.25, 0.3) is 0 Å². The van der Waals surface area contributed by atoms with Gasteiger partial charge in [-0.05, 0) is 36.5 Å². The molecule has 1 aliphatic carbocycles. The van der Waals surface area contributed by atoms with Crippen LogP contribution in [0.4, 0.5) is 4.79 Å². The van der Waals surface area contributed by atoms with E-state index < -0.39 is 23.4 Å². The minimum absolute atomic E-state index is 0.0547. The highest BCUT2D eigenvalue weighted by Gasteiger charge is 2.55. The zero-order valence-corrected chi connectivity index (χ0v) is 16.1. The molecule has 1 saturated heterocycles. The predicted molar refractivity (Wildman–Crippen MR) is 100 cm³/mol. The number of ether oxygens (including phenoxy) is 1. The molecule has 0 aromatic heterocycles. The van der Waals surface area contributed by atoms with Crippen LogP contribution in [-0.2, 0) is 20.9 Å². The summed E-state index contributed by atoms with van der Waals surface area (Å²) in [6, 6.07) is 6.13. The van der Waals surface area contributed by atoms with E-state index in [4.69, 9.17) is 0 Å². The predicted octanol–water partition coefficient (Wildman–Crippen LogP) is 1.59. The minimum Gasteiger partial charge on any atom is -0.465 e. The van der Waals surface area contributed by atoms with E-state index in [1.54, 1.807) is 24.3 Å². The van der Waals surface area contributed by atoms with Gasteiger partial charge in [0.2, 0.25) is 5.91 Å². The van der Waals surface area contributed by atoms with Crippen molar-refractivity contribution in [2.45, 2.75) is 44.7 Å². The number of amides is 4. The van der Waals surface area contributed by atoms with Crippen molar-refractivity contribution in [3.8, 4) is 0 Å². The third-order valence-electron chi connectivity index (χ3n) is 5.67. The smallest absolute Gasteiger partial charge is 0.337 e. The van der Waals surface area contributed by atoms with E-state index in [0.717, 1.165) is 29.7 Å². The van der Waals surface area contributed by atoms with E-state index in [2.05, 4.69) is 15.4 Å². The van der Waals surface area contributed by atoms with Crippen molar-refractivity contribution >= 4 is 23.8 Å². The number of carbonyl (C=O) groups is 4. The second kappa shape index (κ2) is 8.00. The van der Waals surface area contributed by atoms with Crippen LogP contribution >= 0.6 is 0 Å². The molecule has 0 unspecified atom stereocenters. The lowest BCUT2D eigenvalue weighted by atomic mass is 9.73. The monoisotopic (exact) mass is 387 g/mol. The van der Waals surface area contributed by atoms with Crippen LogP contribution in [-0.4, -0.2) is 47.9 Å². The van der Waals surface area contributed by atoms with Gasteiger partial charge in [-0.1, -0.05) is 31.9 Å². The van der Waals surface area contributed by atoms with Crippen molar-refractivity contribution < 1.29 is 23.9 Å². The SMILES string of the molecule is COC(=O)c1ccc(CNC(=O)CN2C(=O)N[C@@]3(CCCC[C@H]3C)C2=O)cc1. The van der Waals surface area contributed by atoms with Crippen LogP contribution in [0.15, 0.2) is 24.3 Å². The lowest BCUT2D eigenvalue weighted by molar-refractivity contribution is -0.137. The number of nitrogens with zero attached hydrogens (tertiary/aromatic N) is 1. The van der Waals surface area contributed by atoms with Crippen molar-refractivity contribution in [1.82, 2.24) is 15.5 Å². The molecular formula is C20H25N3O5. The summed E-state index contributed by atoms with van der Waals surface area (Å²) in [5.74, 6) is -1.09. The van der Waals surface area contributed by atoms with Crippen molar-refractivity contribution in [1.29, 1.82) is 0 Å². The molecule has 0 bridgehead atoms. The van der Waals surface area contributed by atoms with E-state index in [1.807, 2.05) is 6.92 Å². The minimum atomic E-state index is -0.862. The van der Waals surface area contributed by atoms with Crippen molar-refractivity contribution in [3.05, 3.63) is 35.4 Å². The van der Waals surface area contributed by atoms with E-state index in [0.29, 0.717) is 12.0 Å². The average Bonchev–Trinajstić information content (AvgIpc) is 2.93. The molecule has 150 valence electrons. The lowest BCUT2D eigenvalue weighted by Gasteiger charge is -2.36. The first-order chi connectivity index (χ1) is 13.4. The Bertz CT molecular complexity index is 792. The number of imide groups is 1. The molecule has 8 nitrogen and oxygen atoms in total. The number of urea groups is 1. The third kappa shape index (κ3) is 3.72. The Morgan fingerprint density at radius 3 is 2.61 bits per heavy atom. The quantitative estimate of drug-likeness (QED) is 0.590. The Balaban J connectivity index is 1.57. The average molecular weight is 387 g/mol. The van der Waals surface area contributed by atoms with Crippen LogP contribution in [0, 0.1) is 5.92 Å². The van der Waals surface area contributed by atoms with Crippen molar-refractivity contribution in [3.63, 3.8) is 0 Å². The summed E-state index contributed by atoms with van der Waals surface area (Å²) < 4.78 is 4.64. The summed E-state index contributed by atoms with van der Waals surface area (Å²) in [6.45, 7) is 1.89. The largest absolute Gasteiger partial charge is 0.465 e. The molecule has 1 aliphatic heterocycles. The van der Waals surface area contributed by atoms with E-state index >= 15 is 0 Å². The Morgan fingerprint density at radius 1 is 1.25 bits per heavy atom. The van der Waals surface area contributed by atoms with Gasteiger partial charge < -0.3 is 15.4 Å². The zero-order chi connectivity index (χ0) is 20.3. The van der Waals surface area contributed by atoms with Crippen LogP contribution in [0.1, 0.15) is 48.5 Å². The summed E-state index contributed by atoms with van der Waals surface area (Å²) in [6.07, 6.45) is 3.43. The van der Waals surface area contributed by atoms with Gasteiger partial charge in [-0.2, -0.15) is 0 Å². The normalized spacial score (nSPS) is 24.2. The lowest BCUT2D eigenvalue weighted by Crippen LogP contribution is -2.54. The van der Waals surface area contributed by atoms with Gasteiger partial charge in [-0.3, -0.25) is 14.5 Å². The van der Waals surface area contributed by atoms with Crippen molar-refractivity contribution in [2.75, 3.05) is 13.7 Å². The highest BCUT2D eigenvalue weighted by Crippen LogP contribution is 2.38. The molecule has 8 heteroatoms. The molecule has 2 fully saturated rings. The number of nitrogens with one attached hydrogen (secondary N) is 2. The van der Waals surface area contributed by atoms with E-state index in [-0.39, 0.29) is 24.9 Å². The molecular weight excluding hydrogens is 362 g/mol. The Labute approximate surface area is 163 Å². The molecule has 3 rings (SSSR count). The second-order valence-corrected chi connectivity index (χ2v) is 7.40. The molecule has 1 aromatic rings. The Kier molecular flexibility index (Phi) is 5.67. The van der Waals surface area contributed by atoms with Crippen molar-refractivity contribution in [2.24, 2.45) is 5.92 Å². The van der Waals surface area contributed by atoms with Gasteiger partial charge in [0.25, 0.3) is 5.91 Å². The van der Waals surface area contributed by atoms with Crippen LogP contribution in [0.2, 0.25) is 0 Å². The van der Waals surface area contributed by atoms with Gasteiger partial charge in [0.1, 0.15) is 12.1 Å². The summed E-state index contributed by atoms with van der Waals surface area (Å²) in [5.41, 5.74) is 0.346.